The molecule has 0 heterocycles. The van der Waals surface area contributed by atoms with E-state index in [-0.39, 0.29) is 12.2 Å². The fraction of sp³-hybridized carbons (Fsp3) is 0.318. The van der Waals surface area contributed by atoms with Crippen molar-refractivity contribution in [2.75, 3.05) is 6.61 Å². The number of nitrogens with zero attached hydrogens (tertiary/aromatic N) is 1. The normalized spacial score (nSPS) is 12.9. The Morgan fingerprint density at radius 2 is 1.90 bits per heavy atom. The molecule has 2 rings (SSSR count). The van der Waals surface area contributed by atoms with E-state index in [1.807, 2.05) is 13.0 Å². The Morgan fingerprint density at radius 3 is 2.45 bits per heavy atom. The van der Waals surface area contributed by atoms with E-state index in [4.69, 9.17) is 4.74 Å². The molecule has 31 heavy (non-hydrogen) atoms. The van der Waals surface area contributed by atoms with Gasteiger partial charge in [0.05, 0.1) is 6.07 Å². The molecule has 2 aromatic rings. The molecule has 0 bridgehead atoms. The molecule has 163 valence electrons. The predicted molar refractivity (Wildman–Crippen MR) is 105 cm³/mol. The van der Waals surface area contributed by atoms with E-state index in [0.717, 1.165) is 30.7 Å². The van der Waals surface area contributed by atoms with E-state index in [1.54, 1.807) is 6.07 Å². The molecule has 0 spiro atoms. The maximum absolute atomic E-state index is 12.5. The number of carbonyl (C=O) groups is 2. The quantitative estimate of drug-likeness (QED) is 0.598. The van der Waals surface area contributed by atoms with Gasteiger partial charge in [-0.1, -0.05) is 13.3 Å². The average molecular weight is 433 g/mol. The number of benzene rings is 2. The van der Waals surface area contributed by atoms with Gasteiger partial charge in [-0.05, 0) is 49.7 Å². The first-order valence-electron chi connectivity index (χ1n) is 9.32. The van der Waals surface area contributed by atoms with Crippen molar-refractivity contribution in [3.63, 3.8) is 0 Å². The van der Waals surface area contributed by atoms with Crippen LogP contribution in [0.4, 0.5) is 13.2 Å². The minimum atomic E-state index is -4.83. The number of carbonyl (C=O) groups excluding carboxylic acids is 2. The molecule has 0 aromatic heterocycles. The summed E-state index contributed by atoms with van der Waals surface area (Å²) in [4.78, 5) is 23.4. The summed E-state index contributed by atoms with van der Waals surface area (Å²) in [5, 5.41) is 12.1. The Morgan fingerprint density at radius 1 is 1.23 bits per heavy atom. The number of nitrogens with one attached hydrogen (secondary N) is 1. The van der Waals surface area contributed by atoms with Crippen molar-refractivity contribution in [2.24, 2.45) is 0 Å². The highest BCUT2D eigenvalue weighted by Gasteiger charge is 2.31. The molecule has 2 aromatic carbocycles. The fourth-order valence-electron chi connectivity index (χ4n) is 2.63. The predicted octanol–water partition coefficient (Wildman–Crippen LogP) is 4.24. The van der Waals surface area contributed by atoms with E-state index in [1.165, 1.54) is 13.0 Å². The van der Waals surface area contributed by atoms with Gasteiger partial charge in [0.2, 0.25) is 0 Å². The van der Waals surface area contributed by atoms with Gasteiger partial charge >= 0.3 is 6.36 Å². The molecule has 1 unspecified atom stereocenters. The monoisotopic (exact) mass is 433 g/mol. The summed E-state index contributed by atoms with van der Waals surface area (Å²) in [7, 11) is 0. The average Bonchev–Trinajstić information content (AvgIpc) is 2.72. The Kier molecular flexibility index (Phi) is 7.64. The molecule has 0 aliphatic heterocycles. The summed E-state index contributed by atoms with van der Waals surface area (Å²) >= 11 is 0. The molecule has 0 saturated carbocycles. The molecule has 1 N–H and O–H groups in total. The third kappa shape index (κ3) is 7.03. The molecular weight excluding hydrogens is 413 g/mol. The first-order valence-corrected chi connectivity index (χ1v) is 9.32. The molecule has 1 radical (unpaired) electrons. The van der Waals surface area contributed by atoms with Gasteiger partial charge in [-0.2, -0.15) is 5.26 Å². The first kappa shape index (κ1) is 23.7. The number of nitriles is 1. The van der Waals surface area contributed by atoms with Crippen LogP contribution < -0.4 is 14.8 Å². The summed E-state index contributed by atoms with van der Waals surface area (Å²) in [6.45, 7) is 3.21. The topological polar surface area (TPSA) is 88.4 Å². The lowest BCUT2D eigenvalue weighted by molar-refractivity contribution is -0.274. The minimum absolute atomic E-state index is 0.0475. The lowest BCUT2D eigenvalue weighted by Gasteiger charge is -2.24. The number of aldehydes is 1. The Bertz CT molecular complexity index is 968. The Hall–Kier alpha value is -3.54. The number of aryl methyl sites for hydroxylation is 1. The van der Waals surface area contributed by atoms with Crippen LogP contribution in [0.1, 0.15) is 46.5 Å². The fourth-order valence-corrected chi connectivity index (χ4v) is 2.63. The van der Waals surface area contributed by atoms with Crippen LogP contribution in [0.3, 0.4) is 0 Å². The SMILES string of the molecule is CCCc1[c]c(C=O)ccc1OCC(C)(C#N)NC(=O)c1ccc(OC(F)(F)F)cc1. The second kappa shape index (κ2) is 9.98. The van der Waals surface area contributed by atoms with Crippen molar-refractivity contribution < 1.29 is 32.2 Å². The number of hydrogen-bond acceptors (Lipinski definition) is 5. The zero-order valence-corrected chi connectivity index (χ0v) is 16.9. The van der Waals surface area contributed by atoms with Crippen LogP contribution in [-0.4, -0.2) is 30.7 Å². The van der Waals surface area contributed by atoms with Gasteiger partial charge in [0, 0.05) is 22.8 Å². The van der Waals surface area contributed by atoms with Crippen LogP contribution in [0.25, 0.3) is 0 Å². The minimum Gasteiger partial charge on any atom is -0.490 e. The second-order valence-electron chi connectivity index (χ2n) is 6.88. The molecule has 6 nitrogen and oxygen atoms in total. The van der Waals surface area contributed by atoms with E-state index in [9.17, 15) is 28.0 Å². The third-order valence-corrected chi connectivity index (χ3v) is 4.14. The lowest BCUT2D eigenvalue weighted by Crippen LogP contribution is -2.49. The highest BCUT2D eigenvalue weighted by atomic mass is 19.4. The summed E-state index contributed by atoms with van der Waals surface area (Å²) in [6.07, 6.45) is -2.76. The second-order valence-corrected chi connectivity index (χ2v) is 6.88. The molecular formula is C22H20F3N2O4. The number of amides is 1. The molecule has 0 aliphatic carbocycles. The largest absolute Gasteiger partial charge is 0.573 e. The number of alkyl halides is 3. The molecule has 1 atom stereocenters. The summed E-state index contributed by atoms with van der Waals surface area (Å²) in [5.74, 6) is -0.686. The van der Waals surface area contributed by atoms with Crippen molar-refractivity contribution in [3.05, 3.63) is 59.2 Å². The molecule has 1 amide bonds. The first-order chi connectivity index (χ1) is 14.6. The van der Waals surface area contributed by atoms with E-state index < -0.39 is 23.6 Å². The standard InChI is InChI=1S/C22H20F3N2O4/c1-3-4-17-11-15(12-28)5-10-19(17)30-14-21(2,13-26)27-20(29)16-6-8-18(9-7-16)31-22(23,24)25/h5-10,12H,3-4,14H2,1-2H3,(H,27,29). The summed E-state index contributed by atoms with van der Waals surface area (Å²) in [5.41, 5.74) is -0.319. The Balaban J connectivity index is 2.08. The van der Waals surface area contributed by atoms with Gasteiger partial charge in [0.25, 0.3) is 5.91 Å². The molecule has 0 aliphatic rings. The number of rotatable bonds is 9. The van der Waals surface area contributed by atoms with Crippen LogP contribution in [0.15, 0.2) is 36.4 Å². The van der Waals surface area contributed by atoms with Crippen molar-refractivity contribution >= 4 is 12.2 Å². The van der Waals surface area contributed by atoms with Crippen molar-refractivity contribution in [2.45, 2.75) is 38.6 Å². The maximum Gasteiger partial charge on any atom is 0.573 e. The summed E-state index contributed by atoms with van der Waals surface area (Å²) < 4.78 is 46.2. The third-order valence-electron chi connectivity index (χ3n) is 4.14. The molecule has 0 saturated heterocycles. The van der Waals surface area contributed by atoms with Crippen molar-refractivity contribution in [1.29, 1.82) is 5.26 Å². The van der Waals surface area contributed by atoms with Crippen LogP contribution in [0.5, 0.6) is 11.5 Å². The highest BCUT2D eigenvalue weighted by Crippen LogP contribution is 2.24. The van der Waals surface area contributed by atoms with Gasteiger partial charge in [-0.25, -0.2) is 0 Å². The molecule has 0 fully saturated rings. The van der Waals surface area contributed by atoms with Crippen molar-refractivity contribution in [3.8, 4) is 17.6 Å². The van der Waals surface area contributed by atoms with Gasteiger partial charge in [0.1, 0.15) is 18.1 Å². The van der Waals surface area contributed by atoms with Gasteiger partial charge in [-0.15, -0.1) is 13.2 Å². The number of ether oxygens (including phenoxy) is 2. The van der Waals surface area contributed by atoms with Crippen LogP contribution in [0.2, 0.25) is 0 Å². The van der Waals surface area contributed by atoms with Crippen LogP contribution >= 0.6 is 0 Å². The summed E-state index contributed by atoms with van der Waals surface area (Å²) in [6, 6.07) is 12.4. The van der Waals surface area contributed by atoms with Gasteiger partial charge in [0.15, 0.2) is 11.8 Å². The smallest absolute Gasteiger partial charge is 0.490 e. The molecule has 9 heteroatoms. The van der Waals surface area contributed by atoms with Gasteiger partial charge in [-0.3, -0.25) is 9.59 Å². The van der Waals surface area contributed by atoms with E-state index in [0.29, 0.717) is 29.6 Å². The van der Waals surface area contributed by atoms with Crippen LogP contribution in [-0.2, 0) is 6.42 Å². The van der Waals surface area contributed by atoms with Crippen molar-refractivity contribution in [1.82, 2.24) is 5.32 Å². The van der Waals surface area contributed by atoms with Gasteiger partial charge < -0.3 is 14.8 Å². The zero-order chi connectivity index (χ0) is 23.1. The zero-order valence-electron chi connectivity index (χ0n) is 16.9. The lowest BCUT2D eigenvalue weighted by atomic mass is 10.0. The van der Waals surface area contributed by atoms with E-state index in [2.05, 4.69) is 16.1 Å². The Labute approximate surface area is 177 Å². The van der Waals surface area contributed by atoms with Crippen LogP contribution in [0, 0.1) is 17.4 Å². The number of hydrogen-bond donors (Lipinski definition) is 1. The maximum atomic E-state index is 12.5. The highest BCUT2D eigenvalue weighted by molar-refractivity contribution is 5.95. The number of halogens is 3. The van der Waals surface area contributed by atoms with E-state index >= 15 is 0 Å².